The first-order valence-electron chi connectivity index (χ1n) is 6.37. The highest BCUT2D eigenvalue weighted by molar-refractivity contribution is 7.92. The van der Waals surface area contributed by atoms with Gasteiger partial charge in [-0.05, 0) is 25.5 Å². The fraction of sp³-hybridized carbons (Fsp3) is 0.231. The van der Waals surface area contributed by atoms with E-state index in [0.717, 1.165) is 5.56 Å². The molecule has 0 unspecified atom stereocenters. The molecule has 0 spiro atoms. The van der Waals surface area contributed by atoms with Gasteiger partial charge in [-0.3, -0.25) is 9.73 Å². The second-order valence-corrected chi connectivity index (χ2v) is 6.21. The molecule has 0 aliphatic rings. The van der Waals surface area contributed by atoms with Gasteiger partial charge in [0, 0.05) is 6.54 Å². The third-order valence-corrected chi connectivity index (χ3v) is 4.86. The van der Waals surface area contributed by atoms with Gasteiger partial charge in [0.25, 0.3) is 10.0 Å². The summed E-state index contributed by atoms with van der Waals surface area (Å²) in [6.07, 6.45) is 2.47. The molecular formula is C13H17N5O2S. The van der Waals surface area contributed by atoms with Crippen LogP contribution < -0.4 is 15.6 Å². The smallest absolute Gasteiger partial charge is 0.267 e. The van der Waals surface area contributed by atoms with E-state index in [9.17, 15) is 8.42 Å². The zero-order valence-corrected chi connectivity index (χ0v) is 12.6. The van der Waals surface area contributed by atoms with E-state index in [1.165, 1.54) is 16.7 Å². The number of hydrogen-bond donors (Lipinski definition) is 2. The van der Waals surface area contributed by atoms with Crippen molar-refractivity contribution in [3.63, 3.8) is 0 Å². The Morgan fingerprint density at radius 3 is 2.38 bits per heavy atom. The topological polar surface area (TPSA) is 101 Å². The molecule has 21 heavy (non-hydrogen) atoms. The number of nitrogens with two attached hydrogens (primary N) is 1. The molecule has 0 radical (unpaired) electrons. The number of para-hydroxylation sites is 1. The average molecular weight is 307 g/mol. The van der Waals surface area contributed by atoms with Gasteiger partial charge in [0.05, 0.1) is 18.1 Å². The fourth-order valence-corrected chi connectivity index (χ4v) is 3.39. The van der Waals surface area contributed by atoms with Crippen molar-refractivity contribution in [3.05, 3.63) is 42.2 Å². The average Bonchev–Trinajstić information content (AvgIpc) is 2.50. The number of hydrazine groups is 1. The predicted molar refractivity (Wildman–Crippen MR) is 81.2 cm³/mol. The summed E-state index contributed by atoms with van der Waals surface area (Å²) in [5.41, 5.74) is 3.78. The molecule has 0 saturated heterocycles. The minimum absolute atomic E-state index is 0.0200. The van der Waals surface area contributed by atoms with Crippen molar-refractivity contribution in [1.82, 2.24) is 9.97 Å². The number of nitrogens with zero attached hydrogens (tertiary/aromatic N) is 3. The third-order valence-electron chi connectivity index (χ3n) is 3.02. The van der Waals surface area contributed by atoms with E-state index in [4.69, 9.17) is 5.84 Å². The lowest BCUT2D eigenvalue weighted by molar-refractivity contribution is 0.591. The van der Waals surface area contributed by atoms with Crippen molar-refractivity contribution in [2.24, 2.45) is 5.84 Å². The van der Waals surface area contributed by atoms with E-state index in [2.05, 4.69) is 15.4 Å². The lowest BCUT2D eigenvalue weighted by atomic mass is 10.2. The summed E-state index contributed by atoms with van der Waals surface area (Å²) in [4.78, 5) is 7.71. The molecule has 3 N–H and O–H groups in total. The number of nitrogens with one attached hydrogen (secondary N) is 1. The highest BCUT2D eigenvalue weighted by atomic mass is 32.2. The van der Waals surface area contributed by atoms with Crippen molar-refractivity contribution < 1.29 is 8.42 Å². The molecule has 1 heterocycles. The van der Waals surface area contributed by atoms with Crippen LogP contribution in [-0.4, -0.2) is 24.9 Å². The minimum Gasteiger partial charge on any atom is -0.292 e. The number of nitrogen functional groups attached to an aromatic ring is 1. The summed E-state index contributed by atoms with van der Waals surface area (Å²) in [6.45, 7) is 3.95. The third kappa shape index (κ3) is 2.96. The molecule has 0 fully saturated rings. The maximum atomic E-state index is 12.7. The summed E-state index contributed by atoms with van der Waals surface area (Å²) < 4.78 is 26.7. The quantitative estimate of drug-likeness (QED) is 0.637. The van der Waals surface area contributed by atoms with Crippen LogP contribution in [0, 0.1) is 6.92 Å². The molecule has 7 nitrogen and oxygen atoms in total. The normalized spacial score (nSPS) is 11.2. The van der Waals surface area contributed by atoms with Crippen LogP contribution in [0.2, 0.25) is 0 Å². The van der Waals surface area contributed by atoms with Gasteiger partial charge in [-0.15, -0.1) is 0 Å². The lowest BCUT2D eigenvalue weighted by Crippen LogP contribution is -2.31. The Labute approximate surface area is 123 Å². The van der Waals surface area contributed by atoms with Gasteiger partial charge in [0.15, 0.2) is 0 Å². The van der Waals surface area contributed by atoms with Crippen LogP contribution in [-0.2, 0) is 10.0 Å². The molecule has 0 aliphatic carbocycles. The molecule has 1 aromatic carbocycles. The Bertz CT molecular complexity index is 716. The van der Waals surface area contributed by atoms with Crippen LogP contribution in [0.3, 0.4) is 0 Å². The molecule has 0 atom stereocenters. The minimum atomic E-state index is -3.71. The van der Waals surface area contributed by atoms with Gasteiger partial charge in [-0.25, -0.2) is 24.2 Å². The highest BCUT2D eigenvalue weighted by Gasteiger charge is 2.25. The van der Waals surface area contributed by atoms with Crippen LogP contribution in [0.4, 0.5) is 11.6 Å². The first-order chi connectivity index (χ1) is 10.0. The van der Waals surface area contributed by atoms with Gasteiger partial charge in [-0.2, -0.15) is 0 Å². The Hall–Kier alpha value is -2.19. The first-order valence-corrected chi connectivity index (χ1v) is 7.81. The van der Waals surface area contributed by atoms with Crippen molar-refractivity contribution in [1.29, 1.82) is 0 Å². The Kier molecular flexibility index (Phi) is 4.39. The van der Waals surface area contributed by atoms with Crippen LogP contribution in [0.25, 0.3) is 0 Å². The second-order valence-electron chi connectivity index (χ2n) is 4.34. The largest absolute Gasteiger partial charge is 0.292 e. The predicted octanol–water partition coefficient (Wildman–Crippen LogP) is 1.29. The Morgan fingerprint density at radius 2 is 1.86 bits per heavy atom. The Morgan fingerprint density at radius 1 is 1.24 bits per heavy atom. The Balaban J connectivity index is 2.47. The zero-order chi connectivity index (χ0) is 15.5. The second kappa shape index (κ2) is 6.06. The maximum absolute atomic E-state index is 12.7. The highest BCUT2D eigenvalue weighted by Crippen LogP contribution is 2.25. The monoisotopic (exact) mass is 307 g/mol. The summed E-state index contributed by atoms with van der Waals surface area (Å²) >= 11 is 0. The van der Waals surface area contributed by atoms with Crippen LogP contribution in [0.5, 0.6) is 0 Å². The summed E-state index contributed by atoms with van der Waals surface area (Å²) in [5, 5.41) is 0. The van der Waals surface area contributed by atoms with Crippen LogP contribution in [0.1, 0.15) is 12.5 Å². The molecule has 1 aromatic heterocycles. The maximum Gasteiger partial charge on any atom is 0.267 e. The number of benzene rings is 1. The van der Waals surface area contributed by atoms with E-state index in [1.54, 1.807) is 19.1 Å². The standard InChI is InChI=1S/C13H17N5O2S/c1-3-18(12-7-5-4-6-10(12)2)21(19,20)11-8-15-13(17-14)16-9-11/h4-9H,3,14H2,1-2H3,(H,15,16,17). The summed E-state index contributed by atoms with van der Waals surface area (Å²) in [5.74, 6) is 5.33. The number of aromatic nitrogens is 2. The first kappa shape index (κ1) is 15.2. The van der Waals surface area contributed by atoms with Crippen molar-refractivity contribution in [2.45, 2.75) is 18.7 Å². The van der Waals surface area contributed by atoms with Gasteiger partial charge in [0.2, 0.25) is 5.95 Å². The summed E-state index contributed by atoms with van der Waals surface area (Å²) in [7, 11) is -3.71. The van der Waals surface area contributed by atoms with E-state index < -0.39 is 10.0 Å². The van der Waals surface area contributed by atoms with Gasteiger partial charge in [0.1, 0.15) is 4.90 Å². The van der Waals surface area contributed by atoms with Gasteiger partial charge in [-0.1, -0.05) is 18.2 Å². The van der Waals surface area contributed by atoms with Crippen LogP contribution >= 0.6 is 0 Å². The van der Waals surface area contributed by atoms with Crippen molar-refractivity contribution in [2.75, 3.05) is 16.3 Å². The lowest BCUT2D eigenvalue weighted by Gasteiger charge is -2.24. The van der Waals surface area contributed by atoms with E-state index >= 15 is 0 Å². The van der Waals surface area contributed by atoms with Gasteiger partial charge >= 0.3 is 0 Å². The number of sulfonamides is 1. The molecule has 0 bridgehead atoms. The van der Waals surface area contributed by atoms with Crippen LogP contribution in [0.15, 0.2) is 41.6 Å². The zero-order valence-electron chi connectivity index (χ0n) is 11.8. The number of rotatable bonds is 5. The van der Waals surface area contributed by atoms with E-state index in [1.807, 2.05) is 19.1 Å². The van der Waals surface area contributed by atoms with Crippen molar-refractivity contribution >= 4 is 21.7 Å². The fourth-order valence-electron chi connectivity index (χ4n) is 1.96. The van der Waals surface area contributed by atoms with E-state index in [-0.39, 0.29) is 10.8 Å². The molecule has 112 valence electrons. The van der Waals surface area contributed by atoms with E-state index in [0.29, 0.717) is 12.2 Å². The van der Waals surface area contributed by atoms with Gasteiger partial charge < -0.3 is 0 Å². The molecule has 0 aliphatic heterocycles. The molecule has 8 heteroatoms. The number of aryl methyl sites for hydroxylation is 1. The molecule has 2 aromatic rings. The van der Waals surface area contributed by atoms with Crippen molar-refractivity contribution in [3.8, 4) is 0 Å². The molecule has 0 saturated carbocycles. The SMILES string of the molecule is CCN(c1ccccc1C)S(=O)(=O)c1cnc(NN)nc1. The molecular weight excluding hydrogens is 290 g/mol. The molecule has 2 rings (SSSR count). The number of hydrogen-bond acceptors (Lipinski definition) is 6. The summed E-state index contributed by atoms with van der Waals surface area (Å²) in [6, 6.07) is 7.31. The number of anilines is 2. The molecule has 0 amide bonds.